The number of nitrogens with zero attached hydrogens (tertiary/aromatic N) is 1. The highest BCUT2D eigenvalue weighted by atomic mass is 16.5. The van der Waals surface area contributed by atoms with Crippen LogP contribution in [0.4, 0.5) is 10.5 Å². The zero-order valence-corrected chi connectivity index (χ0v) is 16.6. The van der Waals surface area contributed by atoms with Crippen molar-refractivity contribution in [3.8, 4) is 17.2 Å². The molecule has 3 N–H and O–H groups in total. The van der Waals surface area contributed by atoms with E-state index >= 15 is 0 Å². The van der Waals surface area contributed by atoms with Gasteiger partial charge in [0.1, 0.15) is 28.8 Å². The van der Waals surface area contributed by atoms with Crippen LogP contribution in [0.25, 0.3) is 0 Å². The summed E-state index contributed by atoms with van der Waals surface area (Å²) in [6.07, 6.45) is 2.90. The summed E-state index contributed by atoms with van der Waals surface area (Å²) >= 11 is 0. The number of urea groups is 1. The molecule has 156 valence electrons. The number of aromatic hydroxyl groups is 1. The summed E-state index contributed by atoms with van der Waals surface area (Å²) in [5.74, 6) is -0.0731. The van der Waals surface area contributed by atoms with Gasteiger partial charge in [-0.05, 0) is 44.0 Å². The Balaban J connectivity index is 1.49. The largest absolute Gasteiger partial charge is 0.506 e. The molecule has 2 aromatic rings. The molecule has 0 bridgehead atoms. The fourth-order valence-corrected chi connectivity index (χ4v) is 3.97. The van der Waals surface area contributed by atoms with E-state index in [0.717, 1.165) is 17.7 Å². The van der Waals surface area contributed by atoms with Crippen LogP contribution in [-0.2, 0) is 9.59 Å². The van der Waals surface area contributed by atoms with Crippen molar-refractivity contribution in [1.29, 1.82) is 0 Å². The summed E-state index contributed by atoms with van der Waals surface area (Å²) in [6, 6.07) is 11.9. The molecule has 8 heteroatoms. The molecule has 1 spiro atoms. The van der Waals surface area contributed by atoms with Crippen LogP contribution < -0.4 is 15.4 Å². The number of ether oxygens (including phenoxy) is 1. The zero-order chi connectivity index (χ0) is 21.3. The SMILES string of the molecule is CC(C(=O)Nc1cc(Oc2ccccc2)ccc1O)N1C(=O)NC2(CCCC2)C1=O. The fraction of sp³-hybridized carbons (Fsp3) is 0.318. The first-order chi connectivity index (χ1) is 14.4. The van der Waals surface area contributed by atoms with E-state index in [1.54, 1.807) is 18.2 Å². The van der Waals surface area contributed by atoms with E-state index in [1.165, 1.54) is 19.1 Å². The van der Waals surface area contributed by atoms with Gasteiger partial charge in [-0.15, -0.1) is 0 Å². The molecule has 8 nitrogen and oxygen atoms in total. The number of benzene rings is 2. The minimum Gasteiger partial charge on any atom is -0.506 e. The Kier molecular flexibility index (Phi) is 5.07. The van der Waals surface area contributed by atoms with Crippen molar-refractivity contribution in [2.75, 3.05) is 5.32 Å². The molecule has 2 aliphatic rings. The van der Waals surface area contributed by atoms with Crippen LogP contribution in [0.1, 0.15) is 32.6 Å². The third-order valence-electron chi connectivity index (χ3n) is 5.62. The van der Waals surface area contributed by atoms with Crippen LogP contribution in [0.15, 0.2) is 48.5 Å². The van der Waals surface area contributed by atoms with Crippen molar-refractivity contribution >= 4 is 23.5 Å². The fourth-order valence-electron chi connectivity index (χ4n) is 3.97. The molecule has 4 rings (SSSR count). The van der Waals surface area contributed by atoms with Crippen LogP contribution in [0.2, 0.25) is 0 Å². The van der Waals surface area contributed by atoms with E-state index in [4.69, 9.17) is 4.74 Å². The summed E-state index contributed by atoms with van der Waals surface area (Å²) < 4.78 is 5.72. The maximum atomic E-state index is 12.9. The van der Waals surface area contributed by atoms with E-state index in [1.807, 2.05) is 18.2 Å². The second kappa shape index (κ2) is 7.70. The van der Waals surface area contributed by atoms with E-state index in [2.05, 4.69) is 10.6 Å². The topological polar surface area (TPSA) is 108 Å². The molecule has 2 aromatic carbocycles. The van der Waals surface area contributed by atoms with Crippen LogP contribution in [0, 0.1) is 0 Å². The summed E-state index contributed by atoms with van der Waals surface area (Å²) in [4.78, 5) is 39.0. The van der Waals surface area contributed by atoms with Gasteiger partial charge in [0.25, 0.3) is 5.91 Å². The van der Waals surface area contributed by atoms with E-state index in [9.17, 15) is 19.5 Å². The van der Waals surface area contributed by atoms with Gasteiger partial charge >= 0.3 is 6.03 Å². The number of hydrogen-bond acceptors (Lipinski definition) is 5. The molecule has 1 saturated heterocycles. The van der Waals surface area contributed by atoms with Gasteiger partial charge in [0.2, 0.25) is 5.91 Å². The lowest BCUT2D eigenvalue weighted by Gasteiger charge is -2.23. The molecule has 4 amide bonds. The second-order valence-electron chi connectivity index (χ2n) is 7.65. The van der Waals surface area contributed by atoms with E-state index < -0.39 is 23.5 Å². The number of hydrogen-bond donors (Lipinski definition) is 3. The highest BCUT2D eigenvalue weighted by molar-refractivity contribution is 6.11. The van der Waals surface area contributed by atoms with Crippen molar-refractivity contribution in [3.05, 3.63) is 48.5 Å². The Morgan fingerprint density at radius 1 is 1.13 bits per heavy atom. The Labute approximate surface area is 173 Å². The van der Waals surface area contributed by atoms with Crippen LogP contribution >= 0.6 is 0 Å². The van der Waals surface area contributed by atoms with Gasteiger partial charge in [0.05, 0.1) is 5.69 Å². The number of anilines is 1. The first kappa shape index (κ1) is 19.8. The molecule has 1 aliphatic heterocycles. The summed E-state index contributed by atoms with van der Waals surface area (Å²) in [6.45, 7) is 1.49. The van der Waals surface area contributed by atoms with E-state index in [-0.39, 0.29) is 17.3 Å². The number of phenols is 1. The Morgan fingerprint density at radius 2 is 1.83 bits per heavy atom. The maximum absolute atomic E-state index is 12.9. The lowest BCUT2D eigenvalue weighted by Crippen LogP contribution is -2.48. The lowest BCUT2D eigenvalue weighted by molar-refractivity contribution is -0.136. The maximum Gasteiger partial charge on any atom is 0.325 e. The smallest absolute Gasteiger partial charge is 0.325 e. The molecule has 30 heavy (non-hydrogen) atoms. The molecular formula is C22H23N3O5. The number of carbonyl (C=O) groups excluding carboxylic acids is 3. The minimum atomic E-state index is -1.03. The number of amides is 4. The molecule has 2 fully saturated rings. The third-order valence-corrected chi connectivity index (χ3v) is 5.62. The van der Waals surface area contributed by atoms with Crippen LogP contribution in [-0.4, -0.2) is 39.4 Å². The number of carbonyl (C=O) groups is 3. The average Bonchev–Trinajstić information content (AvgIpc) is 3.29. The third kappa shape index (κ3) is 3.56. The predicted octanol–water partition coefficient (Wildman–Crippen LogP) is 3.38. The quantitative estimate of drug-likeness (QED) is 0.518. The summed E-state index contributed by atoms with van der Waals surface area (Å²) in [5.41, 5.74) is -0.750. The molecule has 0 radical (unpaired) electrons. The van der Waals surface area contributed by atoms with Crippen LogP contribution in [0.5, 0.6) is 17.2 Å². The molecule has 1 heterocycles. The summed E-state index contributed by atoms with van der Waals surface area (Å²) in [7, 11) is 0. The number of phenolic OH excluding ortho intramolecular Hbond substituents is 1. The molecule has 1 atom stereocenters. The normalized spacial score (nSPS) is 18.4. The highest BCUT2D eigenvalue weighted by Gasteiger charge is 2.54. The first-order valence-corrected chi connectivity index (χ1v) is 9.92. The van der Waals surface area contributed by atoms with Crippen molar-refractivity contribution in [3.63, 3.8) is 0 Å². The second-order valence-corrected chi connectivity index (χ2v) is 7.65. The van der Waals surface area contributed by atoms with Crippen molar-refractivity contribution in [2.45, 2.75) is 44.2 Å². The van der Waals surface area contributed by atoms with Crippen molar-refractivity contribution in [2.24, 2.45) is 0 Å². The Hall–Kier alpha value is -3.55. The Morgan fingerprint density at radius 3 is 2.53 bits per heavy atom. The molecule has 1 aliphatic carbocycles. The standard InChI is InChI=1S/C22H23N3O5/c1-14(25-20(28)22(24-21(25)29)11-5-6-12-22)19(27)23-17-13-16(9-10-18(17)26)30-15-7-3-2-4-8-15/h2-4,7-10,13-14,26H,5-6,11-12H2,1H3,(H,23,27)(H,24,29). The van der Waals surface area contributed by atoms with E-state index in [0.29, 0.717) is 24.3 Å². The predicted molar refractivity (Wildman–Crippen MR) is 109 cm³/mol. The van der Waals surface area contributed by atoms with Gasteiger partial charge in [-0.2, -0.15) is 0 Å². The highest BCUT2D eigenvalue weighted by Crippen LogP contribution is 2.36. The van der Waals surface area contributed by atoms with Crippen LogP contribution in [0.3, 0.4) is 0 Å². The first-order valence-electron chi connectivity index (χ1n) is 9.92. The lowest BCUT2D eigenvalue weighted by atomic mass is 9.97. The molecule has 0 aromatic heterocycles. The average molecular weight is 409 g/mol. The number of imide groups is 1. The number of rotatable bonds is 5. The zero-order valence-electron chi connectivity index (χ0n) is 16.6. The van der Waals surface area contributed by atoms with Gasteiger partial charge in [0.15, 0.2) is 0 Å². The minimum absolute atomic E-state index is 0.128. The molecule has 1 unspecified atom stereocenters. The van der Waals surface area contributed by atoms with Gasteiger partial charge in [-0.1, -0.05) is 31.0 Å². The summed E-state index contributed by atoms with van der Waals surface area (Å²) in [5, 5.41) is 15.5. The Bertz CT molecular complexity index is 986. The van der Waals surface area contributed by atoms with Gasteiger partial charge in [-0.3, -0.25) is 9.59 Å². The monoisotopic (exact) mass is 409 g/mol. The van der Waals surface area contributed by atoms with Gasteiger partial charge < -0.3 is 20.5 Å². The van der Waals surface area contributed by atoms with Crippen molar-refractivity contribution in [1.82, 2.24) is 10.2 Å². The van der Waals surface area contributed by atoms with Gasteiger partial charge in [-0.25, -0.2) is 9.69 Å². The number of para-hydroxylation sites is 1. The number of nitrogens with one attached hydrogen (secondary N) is 2. The van der Waals surface area contributed by atoms with Gasteiger partial charge in [0, 0.05) is 6.07 Å². The molecular weight excluding hydrogens is 386 g/mol. The molecule has 1 saturated carbocycles. The van der Waals surface area contributed by atoms with Crippen molar-refractivity contribution < 1.29 is 24.2 Å².